The Kier molecular flexibility index (Phi) is 6.96. The SMILES string of the molecule is COCCN1C[C@H](C(=O)N[C@H]2CCN(C(=O)OC(C)(C)C)CC2(C)C)CC1=O. The number of ether oxygens (including phenoxy) is 2. The van der Waals surface area contributed by atoms with E-state index in [1.54, 1.807) is 16.9 Å². The summed E-state index contributed by atoms with van der Waals surface area (Å²) < 4.78 is 10.5. The van der Waals surface area contributed by atoms with Gasteiger partial charge in [0.25, 0.3) is 0 Å². The number of likely N-dealkylation sites (tertiary alicyclic amines) is 2. The van der Waals surface area contributed by atoms with Crippen LogP contribution in [0.3, 0.4) is 0 Å². The molecule has 0 bridgehead atoms. The zero-order valence-corrected chi connectivity index (χ0v) is 18.0. The van der Waals surface area contributed by atoms with Crippen molar-refractivity contribution < 1.29 is 23.9 Å². The van der Waals surface area contributed by atoms with Gasteiger partial charge in [-0.2, -0.15) is 0 Å². The minimum absolute atomic E-state index is 0.00351. The molecule has 0 spiro atoms. The molecule has 2 aliphatic rings. The largest absolute Gasteiger partial charge is 0.444 e. The second-order valence-electron chi connectivity index (χ2n) is 9.47. The first kappa shape index (κ1) is 22.5. The summed E-state index contributed by atoms with van der Waals surface area (Å²) in [7, 11) is 1.59. The zero-order valence-electron chi connectivity index (χ0n) is 18.0. The average molecular weight is 398 g/mol. The van der Waals surface area contributed by atoms with E-state index in [-0.39, 0.29) is 41.7 Å². The van der Waals surface area contributed by atoms with Crippen LogP contribution in [0.15, 0.2) is 0 Å². The van der Waals surface area contributed by atoms with Crippen LogP contribution in [0, 0.1) is 11.3 Å². The minimum atomic E-state index is -0.532. The van der Waals surface area contributed by atoms with E-state index in [0.29, 0.717) is 39.2 Å². The van der Waals surface area contributed by atoms with Crippen LogP contribution < -0.4 is 5.32 Å². The van der Waals surface area contributed by atoms with Crippen molar-refractivity contribution in [2.45, 2.75) is 59.1 Å². The van der Waals surface area contributed by atoms with E-state index in [4.69, 9.17) is 9.47 Å². The lowest BCUT2D eigenvalue weighted by Crippen LogP contribution is -2.58. The van der Waals surface area contributed by atoms with Gasteiger partial charge in [0.05, 0.1) is 12.5 Å². The number of carbonyl (C=O) groups is 3. The molecule has 0 radical (unpaired) electrons. The molecule has 2 saturated heterocycles. The maximum atomic E-state index is 12.7. The molecule has 2 aliphatic heterocycles. The molecule has 8 heteroatoms. The lowest BCUT2D eigenvalue weighted by molar-refractivity contribution is -0.130. The maximum Gasteiger partial charge on any atom is 0.410 e. The molecule has 1 N–H and O–H groups in total. The summed E-state index contributed by atoms with van der Waals surface area (Å²) in [6.07, 6.45) is 0.583. The first-order valence-electron chi connectivity index (χ1n) is 9.98. The zero-order chi connectivity index (χ0) is 21.1. The topological polar surface area (TPSA) is 88.2 Å². The normalized spacial score (nSPS) is 25.0. The summed E-state index contributed by atoms with van der Waals surface area (Å²) in [6, 6.07) is -0.0539. The van der Waals surface area contributed by atoms with Crippen molar-refractivity contribution >= 4 is 17.9 Å². The average Bonchev–Trinajstić information content (AvgIpc) is 2.93. The van der Waals surface area contributed by atoms with E-state index in [1.807, 2.05) is 34.6 Å². The van der Waals surface area contributed by atoms with Gasteiger partial charge in [0.15, 0.2) is 0 Å². The van der Waals surface area contributed by atoms with Crippen molar-refractivity contribution in [1.82, 2.24) is 15.1 Å². The summed E-state index contributed by atoms with van der Waals surface area (Å²) in [5.41, 5.74) is -0.820. The van der Waals surface area contributed by atoms with Crippen LogP contribution in [0.4, 0.5) is 4.79 Å². The van der Waals surface area contributed by atoms with Crippen LogP contribution in [0.5, 0.6) is 0 Å². The second-order valence-corrected chi connectivity index (χ2v) is 9.47. The lowest BCUT2D eigenvalue weighted by atomic mass is 9.79. The fourth-order valence-electron chi connectivity index (χ4n) is 3.76. The molecule has 0 aromatic rings. The molecule has 0 aromatic heterocycles. The Hall–Kier alpha value is -1.83. The third-order valence-corrected chi connectivity index (χ3v) is 5.35. The molecule has 8 nitrogen and oxygen atoms in total. The number of hydrogen-bond acceptors (Lipinski definition) is 5. The number of hydrogen-bond donors (Lipinski definition) is 1. The van der Waals surface area contributed by atoms with Gasteiger partial charge in [-0.3, -0.25) is 9.59 Å². The molecule has 0 aromatic carbocycles. The maximum absolute atomic E-state index is 12.7. The number of nitrogens with one attached hydrogen (secondary N) is 1. The molecule has 2 atom stereocenters. The molecular weight excluding hydrogens is 362 g/mol. The van der Waals surface area contributed by atoms with Crippen molar-refractivity contribution in [3.05, 3.63) is 0 Å². The van der Waals surface area contributed by atoms with Crippen molar-refractivity contribution in [3.63, 3.8) is 0 Å². The minimum Gasteiger partial charge on any atom is -0.444 e. The Labute approximate surface area is 167 Å². The standard InChI is InChI=1S/C20H35N3O5/c1-19(2,3)28-18(26)23-8-7-15(20(4,5)13-23)21-17(25)14-11-16(24)22(12-14)9-10-27-6/h14-15H,7-13H2,1-6H3,(H,21,25)/t14-,15+/m1/s1. The third kappa shape index (κ3) is 5.83. The van der Waals surface area contributed by atoms with Crippen molar-refractivity contribution in [2.24, 2.45) is 11.3 Å². The quantitative estimate of drug-likeness (QED) is 0.762. The molecule has 3 amide bonds. The number of carbonyl (C=O) groups excluding carboxylic acids is 3. The lowest BCUT2D eigenvalue weighted by Gasteiger charge is -2.44. The smallest absolute Gasteiger partial charge is 0.410 e. The molecule has 160 valence electrons. The molecular formula is C20H35N3O5. The Morgan fingerprint density at radius 1 is 1.29 bits per heavy atom. The number of nitrogens with zero attached hydrogens (tertiary/aromatic N) is 2. The van der Waals surface area contributed by atoms with E-state index < -0.39 is 5.60 Å². The molecule has 0 unspecified atom stereocenters. The summed E-state index contributed by atoms with van der Waals surface area (Å²) in [4.78, 5) is 40.6. The fraction of sp³-hybridized carbons (Fsp3) is 0.850. The van der Waals surface area contributed by atoms with E-state index in [9.17, 15) is 14.4 Å². The van der Waals surface area contributed by atoms with Crippen molar-refractivity contribution in [1.29, 1.82) is 0 Å². The number of methoxy groups -OCH3 is 1. The van der Waals surface area contributed by atoms with Crippen molar-refractivity contribution in [2.75, 3.05) is 39.9 Å². The van der Waals surface area contributed by atoms with Crippen LogP contribution in [0.1, 0.15) is 47.5 Å². The molecule has 2 fully saturated rings. The predicted octanol–water partition coefficient (Wildman–Crippen LogP) is 1.63. The van der Waals surface area contributed by atoms with Gasteiger partial charge >= 0.3 is 6.09 Å². The van der Waals surface area contributed by atoms with Gasteiger partial charge < -0.3 is 24.6 Å². The number of amides is 3. The van der Waals surface area contributed by atoms with Gasteiger partial charge in [0, 0.05) is 51.2 Å². The third-order valence-electron chi connectivity index (χ3n) is 5.35. The highest BCUT2D eigenvalue weighted by Gasteiger charge is 2.41. The Balaban J connectivity index is 1.90. The van der Waals surface area contributed by atoms with E-state index in [1.165, 1.54) is 0 Å². The summed E-state index contributed by atoms with van der Waals surface area (Å²) in [5, 5.41) is 3.13. The van der Waals surface area contributed by atoms with E-state index >= 15 is 0 Å². The highest BCUT2D eigenvalue weighted by molar-refractivity contribution is 5.89. The van der Waals surface area contributed by atoms with Gasteiger partial charge in [-0.05, 0) is 27.2 Å². The van der Waals surface area contributed by atoms with Crippen LogP contribution in [0.25, 0.3) is 0 Å². The van der Waals surface area contributed by atoms with Gasteiger partial charge in [-0.15, -0.1) is 0 Å². The predicted molar refractivity (Wildman–Crippen MR) is 105 cm³/mol. The Bertz CT molecular complexity index is 599. The van der Waals surface area contributed by atoms with Gasteiger partial charge in [-0.1, -0.05) is 13.8 Å². The van der Waals surface area contributed by atoms with E-state index in [2.05, 4.69) is 5.32 Å². The number of rotatable bonds is 5. The molecule has 0 saturated carbocycles. The Morgan fingerprint density at radius 3 is 2.54 bits per heavy atom. The fourth-order valence-corrected chi connectivity index (χ4v) is 3.76. The monoisotopic (exact) mass is 397 g/mol. The molecule has 28 heavy (non-hydrogen) atoms. The number of piperidine rings is 1. The van der Waals surface area contributed by atoms with Gasteiger partial charge in [-0.25, -0.2) is 4.79 Å². The van der Waals surface area contributed by atoms with E-state index in [0.717, 1.165) is 0 Å². The molecule has 2 rings (SSSR count). The molecule has 2 heterocycles. The first-order valence-corrected chi connectivity index (χ1v) is 9.98. The summed E-state index contributed by atoms with van der Waals surface area (Å²) in [5.74, 6) is -0.419. The highest BCUT2D eigenvalue weighted by Crippen LogP contribution is 2.31. The van der Waals surface area contributed by atoms with Crippen LogP contribution in [0.2, 0.25) is 0 Å². The van der Waals surface area contributed by atoms with Gasteiger partial charge in [0.1, 0.15) is 5.60 Å². The van der Waals surface area contributed by atoms with Crippen molar-refractivity contribution in [3.8, 4) is 0 Å². The summed E-state index contributed by atoms with van der Waals surface area (Å²) >= 11 is 0. The summed E-state index contributed by atoms with van der Waals surface area (Å²) in [6.45, 7) is 12.1. The van der Waals surface area contributed by atoms with Crippen LogP contribution >= 0.6 is 0 Å². The van der Waals surface area contributed by atoms with Crippen LogP contribution in [-0.4, -0.2) is 79.2 Å². The van der Waals surface area contributed by atoms with Gasteiger partial charge in [0.2, 0.25) is 11.8 Å². The second kappa shape index (κ2) is 8.68. The molecule has 0 aliphatic carbocycles. The first-order chi connectivity index (χ1) is 12.9. The Morgan fingerprint density at radius 2 is 1.96 bits per heavy atom. The van der Waals surface area contributed by atoms with Crippen LogP contribution in [-0.2, 0) is 19.1 Å². The highest BCUT2D eigenvalue weighted by atomic mass is 16.6.